The molecular weight excluding hydrogens is 280 g/mol. The molecule has 1 aromatic rings. The minimum Gasteiger partial charge on any atom is -0.355 e. The SMILES string of the molecule is CC(C)c1noc(CCCC(=O)NC[C@@H](C)N2CCCC2)n1. The van der Waals surface area contributed by atoms with Crippen LogP contribution in [0.4, 0.5) is 0 Å². The molecule has 0 saturated carbocycles. The van der Waals surface area contributed by atoms with Crippen LogP contribution in [0.2, 0.25) is 0 Å². The number of aromatic nitrogens is 2. The number of hydrogen-bond donors (Lipinski definition) is 1. The Bertz CT molecular complexity index is 466. The minimum absolute atomic E-state index is 0.106. The first-order valence-corrected chi connectivity index (χ1v) is 8.39. The summed E-state index contributed by atoms with van der Waals surface area (Å²) in [5, 5.41) is 6.95. The van der Waals surface area contributed by atoms with Gasteiger partial charge in [-0.05, 0) is 39.3 Å². The van der Waals surface area contributed by atoms with E-state index >= 15 is 0 Å². The first-order valence-electron chi connectivity index (χ1n) is 8.39. The van der Waals surface area contributed by atoms with Crippen molar-refractivity contribution < 1.29 is 9.32 Å². The van der Waals surface area contributed by atoms with Crippen molar-refractivity contribution >= 4 is 5.91 Å². The zero-order valence-electron chi connectivity index (χ0n) is 14.0. The quantitative estimate of drug-likeness (QED) is 0.796. The van der Waals surface area contributed by atoms with Crippen LogP contribution in [0.25, 0.3) is 0 Å². The predicted octanol–water partition coefficient (Wildman–Crippen LogP) is 2.12. The number of rotatable bonds is 8. The molecule has 1 aliphatic rings. The highest BCUT2D eigenvalue weighted by Crippen LogP contribution is 2.12. The van der Waals surface area contributed by atoms with Gasteiger partial charge in [0.1, 0.15) is 0 Å². The lowest BCUT2D eigenvalue weighted by molar-refractivity contribution is -0.121. The Hall–Kier alpha value is -1.43. The first-order chi connectivity index (χ1) is 10.6. The molecule has 124 valence electrons. The standard InChI is InChI=1S/C16H28N4O2/c1-12(2)16-18-15(22-19-16)8-6-7-14(21)17-11-13(3)20-9-4-5-10-20/h12-13H,4-11H2,1-3H3,(H,17,21)/t13-/m1/s1. The van der Waals surface area contributed by atoms with Crippen LogP contribution in [-0.2, 0) is 11.2 Å². The van der Waals surface area contributed by atoms with Crippen LogP contribution in [0.5, 0.6) is 0 Å². The lowest BCUT2D eigenvalue weighted by atomic mass is 10.2. The molecular formula is C16H28N4O2. The molecule has 0 unspecified atom stereocenters. The van der Waals surface area contributed by atoms with Gasteiger partial charge >= 0.3 is 0 Å². The second-order valence-electron chi connectivity index (χ2n) is 6.45. The van der Waals surface area contributed by atoms with Crippen molar-refractivity contribution in [2.75, 3.05) is 19.6 Å². The maximum Gasteiger partial charge on any atom is 0.226 e. The highest BCUT2D eigenvalue weighted by atomic mass is 16.5. The fourth-order valence-corrected chi connectivity index (χ4v) is 2.67. The summed E-state index contributed by atoms with van der Waals surface area (Å²) >= 11 is 0. The van der Waals surface area contributed by atoms with Gasteiger partial charge in [0.2, 0.25) is 11.8 Å². The monoisotopic (exact) mass is 308 g/mol. The summed E-state index contributed by atoms with van der Waals surface area (Å²) in [5.41, 5.74) is 0. The maximum atomic E-state index is 11.9. The Morgan fingerprint density at radius 2 is 2.05 bits per heavy atom. The van der Waals surface area contributed by atoms with Crippen LogP contribution < -0.4 is 5.32 Å². The molecule has 1 atom stereocenters. The lowest BCUT2D eigenvalue weighted by Gasteiger charge is -2.23. The zero-order valence-corrected chi connectivity index (χ0v) is 14.0. The second-order valence-corrected chi connectivity index (χ2v) is 6.45. The van der Waals surface area contributed by atoms with E-state index in [2.05, 4.69) is 27.3 Å². The van der Waals surface area contributed by atoms with Gasteiger partial charge in [-0.2, -0.15) is 4.98 Å². The topological polar surface area (TPSA) is 71.3 Å². The number of carbonyl (C=O) groups is 1. The normalized spacial score (nSPS) is 17.1. The molecule has 1 fully saturated rings. The van der Waals surface area contributed by atoms with Gasteiger partial charge in [-0.1, -0.05) is 19.0 Å². The van der Waals surface area contributed by atoms with Crippen LogP contribution in [0.15, 0.2) is 4.52 Å². The van der Waals surface area contributed by atoms with Gasteiger partial charge in [0.05, 0.1) is 0 Å². The molecule has 22 heavy (non-hydrogen) atoms. The largest absolute Gasteiger partial charge is 0.355 e. The number of carbonyl (C=O) groups excluding carboxylic acids is 1. The van der Waals surface area contributed by atoms with Crippen LogP contribution in [0, 0.1) is 0 Å². The number of aryl methyl sites for hydroxylation is 1. The Morgan fingerprint density at radius 1 is 1.32 bits per heavy atom. The van der Waals surface area contributed by atoms with Crippen LogP contribution in [-0.4, -0.2) is 46.6 Å². The first kappa shape index (κ1) is 16.9. The van der Waals surface area contributed by atoms with E-state index in [1.54, 1.807) is 0 Å². The fourth-order valence-electron chi connectivity index (χ4n) is 2.67. The highest BCUT2D eigenvalue weighted by molar-refractivity contribution is 5.75. The second kappa shape index (κ2) is 8.27. The summed E-state index contributed by atoms with van der Waals surface area (Å²) in [7, 11) is 0. The Balaban J connectivity index is 1.60. The lowest BCUT2D eigenvalue weighted by Crippen LogP contribution is -2.40. The minimum atomic E-state index is 0.106. The van der Waals surface area contributed by atoms with E-state index in [9.17, 15) is 4.79 Å². The molecule has 0 bridgehead atoms. The van der Waals surface area contributed by atoms with Crippen LogP contribution in [0.3, 0.4) is 0 Å². The van der Waals surface area contributed by atoms with Gasteiger partial charge in [0.15, 0.2) is 5.82 Å². The Labute approximate surface area is 132 Å². The molecule has 1 aromatic heterocycles. The average molecular weight is 308 g/mol. The summed E-state index contributed by atoms with van der Waals surface area (Å²) in [5.74, 6) is 1.74. The van der Waals surface area contributed by atoms with Crippen molar-refractivity contribution in [1.82, 2.24) is 20.4 Å². The third-order valence-electron chi connectivity index (χ3n) is 4.15. The Kier molecular flexibility index (Phi) is 6.36. The van der Waals surface area contributed by atoms with Gasteiger partial charge in [-0.15, -0.1) is 0 Å². The molecule has 6 nitrogen and oxygen atoms in total. The number of nitrogens with one attached hydrogen (secondary N) is 1. The predicted molar refractivity (Wildman–Crippen MR) is 84.6 cm³/mol. The van der Waals surface area contributed by atoms with Crippen molar-refractivity contribution in [3.8, 4) is 0 Å². The van der Waals surface area contributed by atoms with Crippen molar-refractivity contribution in [2.24, 2.45) is 0 Å². The van der Waals surface area contributed by atoms with Crippen molar-refractivity contribution in [1.29, 1.82) is 0 Å². The van der Waals surface area contributed by atoms with Crippen molar-refractivity contribution in [3.05, 3.63) is 11.7 Å². The molecule has 1 amide bonds. The molecule has 2 heterocycles. The van der Waals surface area contributed by atoms with E-state index in [0.29, 0.717) is 24.8 Å². The summed E-state index contributed by atoms with van der Waals surface area (Å²) in [6.45, 7) is 9.29. The van der Waals surface area contributed by atoms with E-state index in [1.807, 2.05) is 13.8 Å². The number of amides is 1. The zero-order chi connectivity index (χ0) is 15.9. The molecule has 1 saturated heterocycles. The van der Waals surface area contributed by atoms with E-state index < -0.39 is 0 Å². The van der Waals surface area contributed by atoms with Gasteiger partial charge < -0.3 is 9.84 Å². The summed E-state index contributed by atoms with van der Waals surface area (Å²) in [6, 6.07) is 0.427. The molecule has 0 radical (unpaired) electrons. The van der Waals surface area contributed by atoms with E-state index in [1.165, 1.54) is 12.8 Å². The van der Waals surface area contributed by atoms with Crippen LogP contribution >= 0.6 is 0 Å². The van der Waals surface area contributed by atoms with Crippen LogP contribution in [0.1, 0.15) is 64.1 Å². The molecule has 2 rings (SSSR count). The molecule has 0 aliphatic carbocycles. The maximum absolute atomic E-state index is 11.9. The molecule has 1 N–H and O–H groups in total. The Morgan fingerprint density at radius 3 is 2.68 bits per heavy atom. The van der Waals surface area contributed by atoms with Crippen molar-refractivity contribution in [2.45, 2.75) is 64.8 Å². The summed E-state index contributed by atoms with van der Waals surface area (Å²) in [6.07, 6.45) is 4.46. The molecule has 0 aromatic carbocycles. The fraction of sp³-hybridized carbons (Fsp3) is 0.812. The smallest absolute Gasteiger partial charge is 0.226 e. The number of nitrogens with zero attached hydrogens (tertiary/aromatic N) is 3. The van der Waals surface area contributed by atoms with Gasteiger partial charge in [-0.3, -0.25) is 9.69 Å². The number of likely N-dealkylation sites (tertiary alicyclic amines) is 1. The third-order valence-corrected chi connectivity index (χ3v) is 4.15. The molecule has 1 aliphatic heterocycles. The van der Waals surface area contributed by atoms with Gasteiger partial charge in [-0.25, -0.2) is 0 Å². The number of hydrogen-bond acceptors (Lipinski definition) is 5. The van der Waals surface area contributed by atoms with Gasteiger partial charge in [0, 0.05) is 31.3 Å². The molecule has 6 heteroatoms. The summed E-state index contributed by atoms with van der Waals surface area (Å²) < 4.78 is 5.17. The third kappa shape index (κ3) is 5.09. The average Bonchev–Trinajstić information content (AvgIpc) is 3.16. The summed E-state index contributed by atoms with van der Waals surface area (Å²) in [4.78, 5) is 18.6. The van der Waals surface area contributed by atoms with E-state index in [0.717, 1.165) is 31.9 Å². The highest BCUT2D eigenvalue weighted by Gasteiger charge is 2.18. The van der Waals surface area contributed by atoms with Crippen molar-refractivity contribution in [3.63, 3.8) is 0 Å². The van der Waals surface area contributed by atoms with Gasteiger partial charge in [0.25, 0.3) is 0 Å². The molecule has 0 spiro atoms. The van der Waals surface area contributed by atoms with E-state index in [4.69, 9.17) is 4.52 Å². The van der Waals surface area contributed by atoms with E-state index in [-0.39, 0.29) is 11.8 Å².